The van der Waals surface area contributed by atoms with Crippen molar-refractivity contribution in [3.8, 4) is 0 Å². The van der Waals surface area contributed by atoms with Crippen LogP contribution in [0.2, 0.25) is 0 Å². The van der Waals surface area contributed by atoms with Gasteiger partial charge >= 0.3 is 0 Å². The maximum Gasteiger partial charge on any atom is 0.224 e. The molecule has 2 aliphatic heterocycles. The number of anilines is 1. The number of aryl methyl sites for hydroxylation is 1. The highest BCUT2D eigenvalue weighted by Crippen LogP contribution is 2.27. The topological polar surface area (TPSA) is 61.5 Å². The fourth-order valence-electron chi connectivity index (χ4n) is 3.67. The van der Waals surface area contributed by atoms with E-state index in [0.29, 0.717) is 26.1 Å². The summed E-state index contributed by atoms with van der Waals surface area (Å²) in [6.45, 7) is 5.54. The van der Waals surface area contributed by atoms with Crippen LogP contribution in [0.3, 0.4) is 0 Å². The number of H-pyrrole nitrogens is 1. The molecule has 1 amide bonds. The van der Waals surface area contributed by atoms with E-state index in [1.165, 1.54) is 11.3 Å². The minimum atomic E-state index is -0.154. The zero-order valence-corrected chi connectivity index (χ0v) is 14.6. The van der Waals surface area contributed by atoms with Crippen molar-refractivity contribution in [2.75, 3.05) is 37.7 Å². The van der Waals surface area contributed by atoms with Gasteiger partial charge in [-0.05, 0) is 25.0 Å². The molecule has 132 valence electrons. The Hall–Kier alpha value is -2.34. The second-order valence-corrected chi connectivity index (χ2v) is 6.77. The summed E-state index contributed by atoms with van der Waals surface area (Å²) in [6, 6.07) is 8.47. The van der Waals surface area contributed by atoms with E-state index >= 15 is 0 Å². The molecular weight excluding hydrogens is 316 g/mol. The predicted octanol–water partition coefficient (Wildman–Crippen LogP) is 2.07. The second-order valence-electron chi connectivity index (χ2n) is 6.77. The Morgan fingerprint density at radius 1 is 1.36 bits per heavy atom. The number of aromatic amines is 1. The van der Waals surface area contributed by atoms with Gasteiger partial charge in [-0.3, -0.25) is 4.79 Å². The number of hydrogen-bond donors (Lipinski definition) is 1. The third-order valence-electron chi connectivity index (χ3n) is 5.03. The number of nitrogens with one attached hydrogen (secondary N) is 1. The Balaban J connectivity index is 1.34. The Morgan fingerprint density at radius 2 is 2.24 bits per heavy atom. The van der Waals surface area contributed by atoms with Crippen LogP contribution in [0.15, 0.2) is 30.5 Å². The minimum absolute atomic E-state index is 0.154. The lowest BCUT2D eigenvalue weighted by Crippen LogP contribution is -2.43. The maximum atomic E-state index is 12.7. The normalized spacial score (nSPS) is 20.0. The van der Waals surface area contributed by atoms with E-state index < -0.39 is 0 Å². The lowest BCUT2D eigenvalue weighted by atomic mass is 10.2. The van der Waals surface area contributed by atoms with Gasteiger partial charge in [0.25, 0.3) is 0 Å². The Labute approximate surface area is 147 Å². The van der Waals surface area contributed by atoms with E-state index in [4.69, 9.17) is 4.74 Å². The smallest absolute Gasteiger partial charge is 0.224 e. The number of nitrogens with zero attached hydrogens (tertiary/aromatic N) is 3. The van der Waals surface area contributed by atoms with E-state index in [9.17, 15) is 4.79 Å². The van der Waals surface area contributed by atoms with Crippen molar-refractivity contribution in [1.82, 2.24) is 14.9 Å². The van der Waals surface area contributed by atoms with Gasteiger partial charge in [0.1, 0.15) is 11.9 Å². The van der Waals surface area contributed by atoms with Crippen LogP contribution in [0.4, 0.5) is 5.69 Å². The van der Waals surface area contributed by atoms with Crippen molar-refractivity contribution in [3.63, 3.8) is 0 Å². The Kier molecular flexibility index (Phi) is 4.44. The van der Waals surface area contributed by atoms with Crippen molar-refractivity contribution in [2.24, 2.45) is 0 Å². The quantitative estimate of drug-likeness (QED) is 0.926. The number of rotatable bonds is 4. The third-order valence-corrected chi connectivity index (χ3v) is 5.03. The number of ether oxygens (including phenoxy) is 1. The number of carbonyl (C=O) groups is 1. The molecule has 0 unspecified atom stereocenters. The summed E-state index contributed by atoms with van der Waals surface area (Å²) >= 11 is 0. The summed E-state index contributed by atoms with van der Waals surface area (Å²) in [5, 5.41) is 0. The highest BCUT2D eigenvalue weighted by atomic mass is 16.5. The van der Waals surface area contributed by atoms with Crippen molar-refractivity contribution >= 4 is 11.6 Å². The van der Waals surface area contributed by atoms with Crippen LogP contribution in [0.5, 0.6) is 0 Å². The van der Waals surface area contributed by atoms with Crippen LogP contribution in [-0.4, -0.2) is 53.6 Å². The Bertz CT molecular complexity index is 757. The first-order valence-corrected chi connectivity index (χ1v) is 8.94. The zero-order valence-electron chi connectivity index (χ0n) is 14.6. The molecule has 1 aromatic carbocycles. The molecule has 25 heavy (non-hydrogen) atoms. The fourth-order valence-corrected chi connectivity index (χ4v) is 3.67. The van der Waals surface area contributed by atoms with Crippen molar-refractivity contribution in [1.29, 1.82) is 0 Å². The molecule has 0 spiro atoms. The van der Waals surface area contributed by atoms with Crippen molar-refractivity contribution in [2.45, 2.75) is 25.9 Å². The highest BCUT2D eigenvalue weighted by Gasteiger charge is 2.27. The summed E-state index contributed by atoms with van der Waals surface area (Å²) in [5.41, 5.74) is 3.67. The molecule has 4 rings (SSSR count). The molecule has 1 N–H and O–H groups in total. The summed E-state index contributed by atoms with van der Waals surface area (Å²) in [6.07, 6.45) is 3.25. The molecule has 0 aliphatic carbocycles. The molecule has 1 saturated heterocycles. The van der Waals surface area contributed by atoms with Crippen LogP contribution >= 0.6 is 0 Å². The number of para-hydroxylation sites is 1. The van der Waals surface area contributed by atoms with E-state index in [1.54, 1.807) is 6.20 Å². The summed E-state index contributed by atoms with van der Waals surface area (Å²) in [4.78, 5) is 24.4. The summed E-state index contributed by atoms with van der Waals surface area (Å²) < 4.78 is 5.78. The number of aromatic nitrogens is 2. The molecule has 3 heterocycles. The molecule has 2 aromatic rings. The van der Waals surface area contributed by atoms with Gasteiger partial charge in [0.05, 0.1) is 13.2 Å². The standard InChI is InChI=1S/C19H24N4O2/c1-14-12-20-19(21-14)17-13-23(10-11-25-17)18(24)7-9-22-8-6-15-4-2-3-5-16(15)22/h2-5,12,17H,6-11,13H2,1H3,(H,20,21)/t17-/m1/s1. The van der Waals surface area contributed by atoms with Crippen molar-refractivity contribution < 1.29 is 9.53 Å². The van der Waals surface area contributed by atoms with Crippen LogP contribution in [-0.2, 0) is 16.0 Å². The van der Waals surface area contributed by atoms with Gasteiger partial charge in [0.15, 0.2) is 0 Å². The molecule has 0 radical (unpaired) electrons. The highest BCUT2D eigenvalue weighted by molar-refractivity contribution is 5.77. The number of hydrogen-bond acceptors (Lipinski definition) is 4. The van der Waals surface area contributed by atoms with Gasteiger partial charge in [-0.25, -0.2) is 4.98 Å². The van der Waals surface area contributed by atoms with Crippen LogP contribution < -0.4 is 4.90 Å². The second kappa shape index (κ2) is 6.88. The van der Waals surface area contributed by atoms with Gasteiger partial charge in [-0.2, -0.15) is 0 Å². The van der Waals surface area contributed by atoms with E-state index in [2.05, 4.69) is 39.1 Å². The van der Waals surface area contributed by atoms with E-state index in [0.717, 1.165) is 31.0 Å². The number of morpholine rings is 1. The minimum Gasteiger partial charge on any atom is -0.370 e. The monoisotopic (exact) mass is 340 g/mol. The third kappa shape index (κ3) is 3.39. The molecule has 0 bridgehead atoms. The molecular formula is C19H24N4O2. The fraction of sp³-hybridized carbons (Fsp3) is 0.474. The molecule has 0 saturated carbocycles. The number of amides is 1. The first-order chi connectivity index (χ1) is 12.2. The molecule has 6 nitrogen and oxygen atoms in total. The zero-order chi connectivity index (χ0) is 17.2. The number of benzene rings is 1. The SMILES string of the molecule is Cc1cnc([C@H]2CN(C(=O)CCN3CCc4ccccc43)CCO2)[nH]1. The number of fused-ring (bicyclic) bond motifs is 1. The largest absolute Gasteiger partial charge is 0.370 e. The predicted molar refractivity (Wildman–Crippen MR) is 95.6 cm³/mol. The van der Waals surface area contributed by atoms with Gasteiger partial charge < -0.3 is 19.5 Å². The van der Waals surface area contributed by atoms with Crippen LogP contribution in [0, 0.1) is 6.92 Å². The van der Waals surface area contributed by atoms with E-state index in [1.807, 2.05) is 11.8 Å². The lowest BCUT2D eigenvalue weighted by Gasteiger charge is -2.32. The first kappa shape index (κ1) is 16.1. The Morgan fingerprint density at radius 3 is 3.08 bits per heavy atom. The van der Waals surface area contributed by atoms with Gasteiger partial charge in [0, 0.05) is 43.6 Å². The van der Waals surface area contributed by atoms with E-state index in [-0.39, 0.29) is 12.0 Å². The lowest BCUT2D eigenvalue weighted by molar-refractivity contribution is -0.139. The average Bonchev–Trinajstić information content (AvgIpc) is 3.26. The van der Waals surface area contributed by atoms with Gasteiger partial charge in [-0.1, -0.05) is 18.2 Å². The number of imidazole rings is 1. The maximum absolute atomic E-state index is 12.7. The molecule has 1 atom stereocenters. The van der Waals surface area contributed by atoms with Crippen molar-refractivity contribution in [3.05, 3.63) is 47.5 Å². The van der Waals surface area contributed by atoms with Crippen LogP contribution in [0.1, 0.15) is 29.6 Å². The van der Waals surface area contributed by atoms with Crippen LogP contribution in [0.25, 0.3) is 0 Å². The molecule has 2 aliphatic rings. The summed E-state index contributed by atoms with van der Waals surface area (Å²) in [7, 11) is 0. The average molecular weight is 340 g/mol. The van der Waals surface area contributed by atoms with Gasteiger partial charge in [-0.15, -0.1) is 0 Å². The number of carbonyl (C=O) groups excluding carboxylic acids is 1. The molecule has 1 aromatic heterocycles. The molecule has 6 heteroatoms. The van der Waals surface area contributed by atoms with Gasteiger partial charge in [0.2, 0.25) is 5.91 Å². The summed E-state index contributed by atoms with van der Waals surface area (Å²) in [5.74, 6) is 1.00. The molecule has 1 fully saturated rings. The first-order valence-electron chi connectivity index (χ1n) is 8.94.